The van der Waals surface area contributed by atoms with E-state index in [4.69, 9.17) is 5.73 Å². The van der Waals surface area contributed by atoms with Crippen molar-refractivity contribution in [1.82, 2.24) is 9.59 Å². The molecule has 0 aliphatic heterocycles. The van der Waals surface area contributed by atoms with Crippen molar-refractivity contribution >= 4 is 35.5 Å². The highest BCUT2D eigenvalue weighted by atomic mass is 35.5. The number of alkyl halides is 3. The molecule has 0 fully saturated rings. The number of rotatable bonds is 4. The smallest absolute Gasteiger partial charge is 0.326 e. The van der Waals surface area contributed by atoms with Crippen LogP contribution < -0.4 is 11.1 Å². The lowest BCUT2D eigenvalue weighted by Gasteiger charge is -2.12. The Kier molecular flexibility index (Phi) is 6.48. The van der Waals surface area contributed by atoms with Gasteiger partial charge in [-0.05, 0) is 41.7 Å². The van der Waals surface area contributed by atoms with Crippen molar-refractivity contribution in [3.8, 4) is 0 Å². The minimum atomic E-state index is -4.51. The van der Waals surface area contributed by atoms with Crippen LogP contribution in [0.3, 0.4) is 0 Å². The van der Waals surface area contributed by atoms with Gasteiger partial charge in [0.1, 0.15) is 4.88 Å². The van der Waals surface area contributed by atoms with E-state index in [1.165, 1.54) is 6.07 Å². The molecule has 3 N–H and O–H groups in total. The Balaban J connectivity index is 0.00000264. The summed E-state index contributed by atoms with van der Waals surface area (Å²) >= 11 is 0.901. The van der Waals surface area contributed by atoms with Crippen LogP contribution >= 0.6 is 23.9 Å². The van der Waals surface area contributed by atoms with E-state index in [0.29, 0.717) is 12.1 Å². The largest absolute Gasteiger partial charge is 0.416 e. The van der Waals surface area contributed by atoms with Crippen LogP contribution in [0.15, 0.2) is 18.2 Å². The molecule has 1 aromatic carbocycles. The van der Waals surface area contributed by atoms with Crippen LogP contribution in [0.25, 0.3) is 0 Å². The van der Waals surface area contributed by atoms with Crippen LogP contribution in [-0.4, -0.2) is 15.5 Å². The van der Waals surface area contributed by atoms with Crippen molar-refractivity contribution in [2.45, 2.75) is 26.1 Å². The van der Waals surface area contributed by atoms with Crippen molar-refractivity contribution in [2.75, 3.05) is 5.32 Å². The number of aryl methyl sites for hydroxylation is 1. The molecular weight excluding hydrogens is 353 g/mol. The summed E-state index contributed by atoms with van der Waals surface area (Å²) in [7, 11) is 0. The van der Waals surface area contributed by atoms with Gasteiger partial charge >= 0.3 is 6.18 Å². The van der Waals surface area contributed by atoms with Crippen molar-refractivity contribution in [2.24, 2.45) is 5.73 Å². The molecule has 2 aromatic rings. The first-order valence-corrected chi connectivity index (χ1v) is 7.16. The number of carbonyl (C=O) groups excluding carboxylic acids is 1. The van der Waals surface area contributed by atoms with E-state index in [1.54, 1.807) is 0 Å². The number of benzene rings is 1. The third kappa shape index (κ3) is 4.63. The van der Waals surface area contributed by atoms with E-state index in [9.17, 15) is 18.0 Å². The van der Waals surface area contributed by atoms with Crippen molar-refractivity contribution in [3.05, 3.63) is 39.9 Å². The zero-order chi connectivity index (χ0) is 16.3. The predicted octanol–water partition coefficient (Wildman–Crippen LogP) is 3.25. The lowest BCUT2D eigenvalue weighted by molar-refractivity contribution is -0.137. The first kappa shape index (κ1) is 19.3. The minimum absolute atomic E-state index is 0. The second kappa shape index (κ2) is 7.71. The van der Waals surface area contributed by atoms with Gasteiger partial charge in [-0.2, -0.15) is 13.2 Å². The molecule has 1 heterocycles. The lowest BCUT2D eigenvalue weighted by atomic mass is 10.1. The number of nitrogens with two attached hydrogens (primary N) is 1. The summed E-state index contributed by atoms with van der Waals surface area (Å²) in [5.41, 5.74) is 5.37. The van der Waals surface area contributed by atoms with Crippen molar-refractivity contribution in [1.29, 1.82) is 0 Å². The van der Waals surface area contributed by atoms with E-state index < -0.39 is 17.6 Å². The predicted molar refractivity (Wildman–Crippen MR) is 83.8 cm³/mol. The molecule has 2 rings (SSSR count). The molecular formula is C13H14ClF3N4OS. The van der Waals surface area contributed by atoms with Crippen LogP contribution in [0.1, 0.15) is 33.4 Å². The van der Waals surface area contributed by atoms with Crippen molar-refractivity contribution in [3.63, 3.8) is 0 Å². The standard InChI is InChI=1S/C13H13F3N4OS.ClH/c1-2-10-11(22-20-19-10)12(21)18-9-4-7(6-17)3-8(5-9)13(14,15)16;/h3-5H,2,6,17H2,1H3,(H,18,21);1H. The summed E-state index contributed by atoms with van der Waals surface area (Å²) in [4.78, 5) is 12.4. The zero-order valence-corrected chi connectivity index (χ0v) is 13.6. The molecule has 0 spiro atoms. The van der Waals surface area contributed by atoms with Crippen LogP contribution in [0.5, 0.6) is 0 Å². The summed E-state index contributed by atoms with van der Waals surface area (Å²) in [6, 6.07) is 3.24. The van der Waals surface area contributed by atoms with E-state index in [-0.39, 0.29) is 35.1 Å². The van der Waals surface area contributed by atoms with Gasteiger partial charge in [-0.15, -0.1) is 17.5 Å². The number of amides is 1. The second-order valence-corrected chi connectivity index (χ2v) is 5.23. The molecule has 0 atom stereocenters. The Labute approximate surface area is 140 Å². The average molecular weight is 367 g/mol. The minimum Gasteiger partial charge on any atom is -0.326 e. The van der Waals surface area contributed by atoms with E-state index in [2.05, 4.69) is 14.9 Å². The highest BCUT2D eigenvalue weighted by Crippen LogP contribution is 2.32. The highest BCUT2D eigenvalue weighted by Gasteiger charge is 2.31. The molecule has 0 saturated carbocycles. The fourth-order valence-electron chi connectivity index (χ4n) is 1.85. The highest BCUT2D eigenvalue weighted by molar-refractivity contribution is 7.08. The molecule has 0 aliphatic carbocycles. The number of carbonyl (C=O) groups is 1. The number of aromatic nitrogens is 2. The first-order chi connectivity index (χ1) is 10.3. The molecule has 0 radical (unpaired) electrons. The summed E-state index contributed by atoms with van der Waals surface area (Å²) < 4.78 is 42.2. The topological polar surface area (TPSA) is 80.9 Å². The molecule has 0 unspecified atom stereocenters. The van der Waals surface area contributed by atoms with Gasteiger partial charge < -0.3 is 11.1 Å². The molecule has 0 aliphatic rings. The van der Waals surface area contributed by atoms with Gasteiger partial charge in [-0.1, -0.05) is 11.4 Å². The number of hydrogen-bond acceptors (Lipinski definition) is 5. The molecule has 10 heteroatoms. The van der Waals surface area contributed by atoms with Crippen LogP contribution in [0.4, 0.5) is 18.9 Å². The Morgan fingerprint density at radius 2 is 2.04 bits per heavy atom. The first-order valence-electron chi connectivity index (χ1n) is 6.39. The number of nitrogens with zero attached hydrogens (tertiary/aromatic N) is 2. The molecule has 1 amide bonds. The van der Waals surface area contributed by atoms with Crippen LogP contribution in [0.2, 0.25) is 0 Å². The molecule has 0 saturated heterocycles. The Morgan fingerprint density at radius 1 is 1.35 bits per heavy atom. The summed E-state index contributed by atoms with van der Waals surface area (Å²) in [6.07, 6.45) is -4.00. The monoisotopic (exact) mass is 366 g/mol. The summed E-state index contributed by atoms with van der Waals surface area (Å²) in [5.74, 6) is -0.533. The van der Waals surface area contributed by atoms with Gasteiger partial charge in [0.15, 0.2) is 0 Å². The Hall–Kier alpha value is -1.71. The quantitative estimate of drug-likeness (QED) is 0.870. The average Bonchev–Trinajstić information content (AvgIpc) is 2.94. The maximum atomic E-state index is 12.8. The fourth-order valence-corrected chi connectivity index (χ4v) is 2.49. The number of hydrogen-bond donors (Lipinski definition) is 2. The number of anilines is 1. The van der Waals surface area contributed by atoms with Gasteiger partial charge in [0.2, 0.25) is 0 Å². The maximum absolute atomic E-state index is 12.8. The molecule has 126 valence electrons. The molecule has 1 aromatic heterocycles. The number of nitrogens with one attached hydrogen (secondary N) is 1. The lowest BCUT2D eigenvalue weighted by Crippen LogP contribution is -2.14. The van der Waals surface area contributed by atoms with Gasteiger partial charge in [0.05, 0.1) is 11.3 Å². The summed E-state index contributed by atoms with van der Waals surface area (Å²) in [6.45, 7) is 1.75. The van der Waals surface area contributed by atoms with Crippen LogP contribution in [0, 0.1) is 0 Å². The van der Waals surface area contributed by atoms with Gasteiger partial charge in [0.25, 0.3) is 5.91 Å². The SMILES string of the molecule is CCc1nnsc1C(=O)Nc1cc(CN)cc(C(F)(F)F)c1.Cl. The van der Waals surface area contributed by atoms with Crippen LogP contribution in [-0.2, 0) is 19.1 Å². The normalized spacial score (nSPS) is 11.0. The van der Waals surface area contributed by atoms with E-state index >= 15 is 0 Å². The van der Waals surface area contributed by atoms with E-state index in [0.717, 1.165) is 23.7 Å². The third-order valence-corrected chi connectivity index (χ3v) is 3.68. The summed E-state index contributed by atoms with van der Waals surface area (Å²) in [5, 5.41) is 6.24. The van der Waals surface area contributed by atoms with Crippen molar-refractivity contribution < 1.29 is 18.0 Å². The van der Waals surface area contributed by atoms with Gasteiger partial charge in [0, 0.05) is 12.2 Å². The fraction of sp³-hybridized carbons (Fsp3) is 0.308. The Morgan fingerprint density at radius 3 is 2.61 bits per heavy atom. The van der Waals surface area contributed by atoms with Gasteiger partial charge in [-0.3, -0.25) is 4.79 Å². The number of halogens is 4. The maximum Gasteiger partial charge on any atom is 0.416 e. The second-order valence-electron chi connectivity index (χ2n) is 4.48. The zero-order valence-electron chi connectivity index (χ0n) is 12.0. The Bertz CT molecular complexity index is 690. The molecule has 5 nitrogen and oxygen atoms in total. The van der Waals surface area contributed by atoms with E-state index in [1.807, 2.05) is 6.92 Å². The van der Waals surface area contributed by atoms with Gasteiger partial charge in [-0.25, -0.2) is 0 Å². The third-order valence-electron chi connectivity index (χ3n) is 2.91. The molecule has 23 heavy (non-hydrogen) atoms. The molecule has 0 bridgehead atoms.